The first kappa shape index (κ1) is 13.2. The minimum atomic E-state index is -0.516. The van der Waals surface area contributed by atoms with Gasteiger partial charge >= 0.3 is 0 Å². The van der Waals surface area contributed by atoms with E-state index in [0.717, 1.165) is 11.2 Å². The van der Waals surface area contributed by atoms with Gasteiger partial charge in [0.1, 0.15) is 0 Å². The van der Waals surface area contributed by atoms with Crippen LogP contribution < -0.4 is 10.8 Å². The van der Waals surface area contributed by atoms with Gasteiger partial charge in [-0.1, -0.05) is 18.2 Å². The highest BCUT2D eigenvalue weighted by Gasteiger charge is 2.04. The van der Waals surface area contributed by atoms with E-state index in [2.05, 4.69) is 16.4 Å². The first-order valence-electron chi connectivity index (χ1n) is 6.61. The highest BCUT2D eigenvalue weighted by molar-refractivity contribution is 5.93. The maximum atomic E-state index is 11.2. The van der Waals surface area contributed by atoms with Gasteiger partial charge in [0.05, 0.1) is 0 Å². The average Bonchev–Trinajstić information content (AvgIpc) is 2.96. The van der Waals surface area contributed by atoms with Gasteiger partial charge < -0.3 is 10.3 Å². The molecular formula is C16H15N3O2. The maximum absolute atomic E-state index is 11.2. The molecule has 0 aliphatic heterocycles. The van der Waals surface area contributed by atoms with Crippen molar-refractivity contribution in [3.05, 3.63) is 65.9 Å². The minimum absolute atomic E-state index is 0.412. The number of aromatic amines is 1. The fourth-order valence-electron chi connectivity index (χ4n) is 2.28. The third-order valence-corrected chi connectivity index (χ3v) is 3.41. The molecule has 3 rings (SSSR count). The Labute approximate surface area is 121 Å². The van der Waals surface area contributed by atoms with E-state index in [1.54, 1.807) is 29.7 Å². The van der Waals surface area contributed by atoms with Crippen molar-refractivity contribution in [2.24, 2.45) is 0 Å². The van der Waals surface area contributed by atoms with Crippen LogP contribution in [0.4, 0.5) is 5.69 Å². The molecule has 0 fully saturated rings. The molecule has 0 saturated heterocycles. The zero-order valence-corrected chi connectivity index (χ0v) is 11.3. The van der Waals surface area contributed by atoms with Crippen molar-refractivity contribution in [2.45, 2.75) is 6.54 Å². The van der Waals surface area contributed by atoms with Crippen molar-refractivity contribution in [1.82, 2.24) is 10.5 Å². The monoisotopic (exact) mass is 281 g/mol. The van der Waals surface area contributed by atoms with Crippen LogP contribution in [0.1, 0.15) is 15.9 Å². The van der Waals surface area contributed by atoms with Gasteiger partial charge in [-0.3, -0.25) is 10.0 Å². The third-order valence-electron chi connectivity index (χ3n) is 3.41. The molecule has 1 amide bonds. The summed E-state index contributed by atoms with van der Waals surface area (Å²) >= 11 is 0. The molecule has 2 aromatic carbocycles. The summed E-state index contributed by atoms with van der Waals surface area (Å²) in [6, 6.07) is 15.1. The Bertz CT molecular complexity index is 763. The van der Waals surface area contributed by atoms with Crippen LogP contribution in [0, 0.1) is 0 Å². The fraction of sp³-hybridized carbons (Fsp3) is 0.0625. The molecule has 0 bridgehead atoms. The van der Waals surface area contributed by atoms with Crippen molar-refractivity contribution in [2.75, 3.05) is 5.32 Å². The van der Waals surface area contributed by atoms with E-state index < -0.39 is 5.91 Å². The van der Waals surface area contributed by atoms with E-state index in [9.17, 15) is 4.79 Å². The molecule has 0 aliphatic carbocycles. The molecule has 0 spiro atoms. The normalized spacial score (nSPS) is 10.5. The Kier molecular flexibility index (Phi) is 3.57. The average molecular weight is 281 g/mol. The molecule has 0 unspecified atom stereocenters. The molecular weight excluding hydrogens is 266 g/mol. The van der Waals surface area contributed by atoms with Gasteiger partial charge in [-0.05, 0) is 35.9 Å². The highest BCUT2D eigenvalue weighted by Crippen LogP contribution is 2.19. The maximum Gasteiger partial charge on any atom is 0.274 e. The van der Waals surface area contributed by atoms with Crippen molar-refractivity contribution >= 4 is 22.5 Å². The number of H-pyrrole nitrogens is 1. The van der Waals surface area contributed by atoms with Gasteiger partial charge in [-0.2, -0.15) is 0 Å². The molecule has 5 nitrogen and oxygen atoms in total. The summed E-state index contributed by atoms with van der Waals surface area (Å²) in [5, 5.41) is 13.1. The van der Waals surface area contributed by atoms with Crippen molar-refractivity contribution < 1.29 is 10.0 Å². The standard InChI is InChI=1S/C16H15N3O2/c20-16(19-21)11-5-7-13(8-6-11)17-9-12-10-18-15-4-2-1-3-14(12)15/h1-8,10,17-18,21H,9H2,(H,19,20). The number of hydrogen-bond acceptors (Lipinski definition) is 3. The van der Waals surface area contributed by atoms with Crippen LogP contribution in [-0.4, -0.2) is 16.1 Å². The van der Waals surface area contributed by atoms with Crippen LogP contribution in [0.25, 0.3) is 10.9 Å². The predicted molar refractivity (Wildman–Crippen MR) is 81.3 cm³/mol. The summed E-state index contributed by atoms with van der Waals surface area (Å²) in [5.41, 5.74) is 5.23. The SMILES string of the molecule is O=C(NO)c1ccc(NCc2c[nH]c3ccccc23)cc1. The summed E-state index contributed by atoms with van der Waals surface area (Å²) in [7, 11) is 0. The zero-order chi connectivity index (χ0) is 14.7. The quantitative estimate of drug-likeness (QED) is 0.438. The molecule has 106 valence electrons. The number of nitrogens with one attached hydrogen (secondary N) is 3. The molecule has 1 aromatic heterocycles. The number of rotatable bonds is 4. The molecule has 21 heavy (non-hydrogen) atoms. The lowest BCUT2D eigenvalue weighted by Crippen LogP contribution is -2.18. The lowest BCUT2D eigenvalue weighted by Gasteiger charge is -2.06. The van der Waals surface area contributed by atoms with Crippen LogP contribution in [0.3, 0.4) is 0 Å². The molecule has 0 atom stereocenters. The molecule has 0 saturated carbocycles. The number of benzene rings is 2. The van der Waals surface area contributed by atoms with Gasteiger partial charge in [0.25, 0.3) is 5.91 Å². The molecule has 5 heteroatoms. The molecule has 0 radical (unpaired) electrons. The lowest BCUT2D eigenvalue weighted by molar-refractivity contribution is 0.0706. The van der Waals surface area contributed by atoms with Crippen molar-refractivity contribution in [1.29, 1.82) is 0 Å². The fourth-order valence-corrected chi connectivity index (χ4v) is 2.28. The number of hydrogen-bond donors (Lipinski definition) is 4. The Morgan fingerprint density at radius 2 is 1.86 bits per heavy atom. The number of hydroxylamine groups is 1. The summed E-state index contributed by atoms with van der Waals surface area (Å²) < 4.78 is 0. The molecule has 4 N–H and O–H groups in total. The highest BCUT2D eigenvalue weighted by atomic mass is 16.5. The zero-order valence-electron chi connectivity index (χ0n) is 11.3. The van der Waals surface area contributed by atoms with E-state index >= 15 is 0 Å². The van der Waals surface area contributed by atoms with Crippen LogP contribution in [0.15, 0.2) is 54.7 Å². The third kappa shape index (κ3) is 2.73. The summed E-state index contributed by atoms with van der Waals surface area (Å²) in [5.74, 6) is -0.516. The van der Waals surface area contributed by atoms with E-state index in [0.29, 0.717) is 12.1 Å². The summed E-state index contributed by atoms with van der Waals surface area (Å²) in [6.07, 6.45) is 1.99. The van der Waals surface area contributed by atoms with Crippen LogP contribution in [0.2, 0.25) is 0 Å². The van der Waals surface area contributed by atoms with Gasteiger partial charge in [-0.25, -0.2) is 5.48 Å². The topological polar surface area (TPSA) is 77.2 Å². The van der Waals surface area contributed by atoms with Crippen LogP contribution in [-0.2, 0) is 6.54 Å². The Hall–Kier alpha value is -2.79. The largest absolute Gasteiger partial charge is 0.381 e. The number of para-hydroxylation sites is 1. The first-order valence-corrected chi connectivity index (χ1v) is 6.61. The van der Waals surface area contributed by atoms with E-state index in [-0.39, 0.29) is 0 Å². The minimum Gasteiger partial charge on any atom is -0.381 e. The van der Waals surface area contributed by atoms with Gasteiger partial charge in [0.15, 0.2) is 0 Å². The second kappa shape index (κ2) is 5.68. The molecule has 3 aromatic rings. The number of amides is 1. The van der Waals surface area contributed by atoms with Gasteiger partial charge in [0.2, 0.25) is 0 Å². The second-order valence-corrected chi connectivity index (χ2v) is 4.73. The number of carbonyl (C=O) groups is 1. The number of carbonyl (C=O) groups excluding carboxylic acids is 1. The number of aromatic nitrogens is 1. The first-order chi connectivity index (χ1) is 10.3. The smallest absolute Gasteiger partial charge is 0.274 e. The van der Waals surface area contributed by atoms with E-state index in [1.165, 1.54) is 10.9 Å². The van der Waals surface area contributed by atoms with E-state index in [1.807, 2.05) is 24.4 Å². The Morgan fingerprint density at radius 1 is 1.10 bits per heavy atom. The van der Waals surface area contributed by atoms with Crippen LogP contribution >= 0.6 is 0 Å². The van der Waals surface area contributed by atoms with Gasteiger partial charge in [0, 0.05) is 34.9 Å². The Morgan fingerprint density at radius 3 is 2.62 bits per heavy atom. The number of fused-ring (bicyclic) bond motifs is 1. The van der Waals surface area contributed by atoms with Crippen molar-refractivity contribution in [3.63, 3.8) is 0 Å². The Balaban J connectivity index is 1.71. The lowest BCUT2D eigenvalue weighted by atomic mass is 10.1. The molecule has 1 heterocycles. The summed E-state index contributed by atoms with van der Waals surface area (Å²) in [4.78, 5) is 14.5. The number of anilines is 1. The van der Waals surface area contributed by atoms with Crippen molar-refractivity contribution in [3.8, 4) is 0 Å². The van der Waals surface area contributed by atoms with E-state index in [4.69, 9.17) is 5.21 Å². The summed E-state index contributed by atoms with van der Waals surface area (Å²) in [6.45, 7) is 0.690. The molecule has 0 aliphatic rings. The van der Waals surface area contributed by atoms with Gasteiger partial charge in [-0.15, -0.1) is 0 Å². The second-order valence-electron chi connectivity index (χ2n) is 4.73. The predicted octanol–water partition coefficient (Wildman–Crippen LogP) is 2.90. The van der Waals surface area contributed by atoms with Crippen LogP contribution in [0.5, 0.6) is 0 Å².